The molecule has 0 spiro atoms. The molecule has 1 atom stereocenters. The third-order valence-electron chi connectivity index (χ3n) is 5.07. The molecule has 1 aliphatic rings. The lowest BCUT2D eigenvalue weighted by atomic mass is 9.90. The summed E-state index contributed by atoms with van der Waals surface area (Å²) in [5, 5.41) is 6.80. The van der Waals surface area contributed by atoms with Crippen LogP contribution in [-0.2, 0) is 16.6 Å². The molecule has 0 aliphatic carbocycles. The number of halogens is 1. The summed E-state index contributed by atoms with van der Waals surface area (Å²) in [4.78, 5) is 4.63. The van der Waals surface area contributed by atoms with Gasteiger partial charge in [-0.1, -0.05) is 30.3 Å². The summed E-state index contributed by atoms with van der Waals surface area (Å²) in [5.74, 6) is 1.57. The van der Waals surface area contributed by atoms with E-state index in [0.717, 1.165) is 23.3 Å². The van der Waals surface area contributed by atoms with Gasteiger partial charge in [0, 0.05) is 39.7 Å². The smallest absolute Gasteiger partial charge is 0.242 e. The van der Waals surface area contributed by atoms with Crippen molar-refractivity contribution in [3.8, 4) is 5.75 Å². The van der Waals surface area contributed by atoms with Crippen LogP contribution in [0.3, 0.4) is 0 Å². The molecule has 31 heavy (non-hydrogen) atoms. The van der Waals surface area contributed by atoms with Gasteiger partial charge in [0.15, 0.2) is 5.96 Å². The number of ether oxygens (including phenoxy) is 1. The number of aliphatic imine (C=N–C) groups is 1. The van der Waals surface area contributed by atoms with E-state index in [1.807, 2.05) is 30.3 Å². The number of para-hydroxylation sites is 1. The van der Waals surface area contributed by atoms with Gasteiger partial charge in [0.05, 0.1) is 10.9 Å². The maximum atomic E-state index is 12.2. The number of hydrogen-bond acceptors (Lipinski definition) is 4. The van der Waals surface area contributed by atoms with E-state index in [-0.39, 0.29) is 40.5 Å². The van der Waals surface area contributed by atoms with Crippen LogP contribution in [-0.4, -0.2) is 45.4 Å². The van der Waals surface area contributed by atoms with Gasteiger partial charge in [0.1, 0.15) is 11.4 Å². The predicted octanol–water partition coefficient (Wildman–Crippen LogP) is 3.52. The molecule has 7 nitrogen and oxygen atoms in total. The Labute approximate surface area is 202 Å². The van der Waals surface area contributed by atoms with Crippen molar-refractivity contribution in [2.24, 2.45) is 4.99 Å². The summed E-state index contributed by atoms with van der Waals surface area (Å²) < 4.78 is 31.7. The quantitative estimate of drug-likeness (QED) is 0.334. The van der Waals surface area contributed by atoms with E-state index in [4.69, 9.17) is 4.74 Å². The predicted molar refractivity (Wildman–Crippen MR) is 135 cm³/mol. The fraction of sp³-hybridized carbons (Fsp3) is 0.409. The number of nitrogens with zero attached hydrogens (tertiary/aromatic N) is 2. The lowest BCUT2D eigenvalue weighted by Gasteiger charge is -2.38. The maximum absolute atomic E-state index is 12.2. The van der Waals surface area contributed by atoms with E-state index in [2.05, 4.69) is 35.5 Å². The average molecular weight is 558 g/mol. The summed E-state index contributed by atoms with van der Waals surface area (Å²) in [6, 6.07) is 15.0. The van der Waals surface area contributed by atoms with Crippen molar-refractivity contribution < 1.29 is 13.2 Å². The average Bonchev–Trinajstić information content (AvgIpc) is 2.70. The van der Waals surface area contributed by atoms with Gasteiger partial charge in [-0.2, -0.15) is 0 Å². The Kier molecular flexibility index (Phi) is 8.34. The van der Waals surface area contributed by atoms with Crippen LogP contribution in [0.25, 0.3) is 0 Å². The highest BCUT2D eigenvalue weighted by atomic mass is 127. The van der Waals surface area contributed by atoms with Crippen molar-refractivity contribution in [3.63, 3.8) is 0 Å². The van der Waals surface area contributed by atoms with E-state index in [1.54, 1.807) is 19.2 Å². The lowest BCUT2D eigenvalue weighted by molar-refractivity contribution is 0.0694. The van der Waals surface area contributed by atoms with E-state index in [0.29, 0.717) is 12.5 Å². The van der Waals surface area contributed by atoms with Crippen LogP contribution >= 0.6 is 24.0 Å². The zero-order valence-corrected chi connectivity index (χ0v) is 21.7. The Hall–Kier alpha value is -1.85. The molecule has 170 valence electrons. The van der Waals surface area contributed by atoms with Gasteiger partial charge in [-0.15, -0.1) is 24.0 Å². The van der Waals surface area contributed by atoms with Crippen molar-refractivity contribution in [1.29, 1.82) is 0 Å². The monoisotopic (exact) mass is 558 g/mol. The van der Waals surface area contributed by atoms with Crippen molar-refractivity contribution in [2.45, 2.75) is 43.4 Å². The van der Waals surface area contributed by atoms with Gasteiger partial charge in [-0.05, 0) is 37.6 Å². The zero-order valence-electron chi connectivity index (χ0n) is 18.5. The minimum absolute atomic E-state index is 0. The second-order valence-corrected chi connectivity index (χ2v) is 10.3. The normalized spacial score (nSPS) is 17.9. The van der Waals surface area contributed by atoms with Crippen LogP contribution in [0.4, 0.5) is 0 Å². The maximum Gasteiger partial charge on any atom is 0.242 e. The summed E-state index contributed by atoms with van der Waals surface area (Å²) >= 11 is 0. The molecule has 0 amide bonds. The Balaban J connectivity index is 0.00000341. The van der Waals surface area contributed by atoms with Crippen molar-refractivity contribution >= 4 is 40.0 Å². The number of nitrogens with one attached hydrogen (secondary N) is 2. The molecule has 0 bridgehead atoms. The van der Waals surface area contributed by atoms with Crippen molar-refractivity contribution in [2.75, 3.05) is 21.1 Å². The summed E-state index contributed by atoms with van der Waals surface area (Å²) in [6.07, 6.45) is 0.807. The largest absolute Gasteiger partial charge is 0.487 e. The topological polar surface area (TPSA) is 83.0 Å². The standard InChI is InChI=1S/C22H30N4O3S.HI/c1-22(2)14-19(18-8-6-7-9-20(18)29-22)25-21(23-3)24-15-16-10-12-17(13-11-16)30(27,28)26(4)5;/h6-13,19H,14-15H2,1-5H3,(H2,23,24,25);1H. The molecule has 1 aliphatic heterocycles. The SMILES string of the molecule is CN=C(NCc1ccc(S(=O)(=O)N(C)C)cc1)NC1CC(C)(C)Oc2ccccc21.I. The molecule has 3 rings (SSSR count). The molecule has 0 radical (unpaired) electrons. The first kappa shape index (κ1) is 25.4. The highest BCUT2D eigenvalue weighted by Gasteiger charge is 2.33. The summed E-state index contributed by atoms with van der Waals surface area (Å²) in [5.41, 5.74) is 1.79. The Morgan fingerprint density at radius 2 is 1.81 bits per heavy atom. The third kappa shape index (κ3) is 6.11. The van der Waals surface area contributed by atoms with Crippen molar-refractivity contribution in [1.82, 2.24) is 14.9 Å². The van der Waals surface area contributed by atoms with E-state index in [9.17, 15) is 8.42 Å². The van der Waals surface area contributed by atoms with Gasteiger partial charge in [0.2, 0.25) is 10.0 Å². The van der Waals surface area contributed by atoms with Crippen LogP contribution in [0.2, 0.25) is 0 Å². The molecule has 0 saturated heterocycles. The molecular formula is C22H31IN4O3S. The zero-order chi connectivity index (χ0) is 21.9. The second kappa shape index (κ2) is 10.2. The van der Waals surface area contributed by atoms with Crippen LogP contribution in [0, 0.1) is 0 Å². The lowest BCUT2D eigenvalue weighted by Crippen LogP contribution is -2.45. The van der Waals surface area contributed by atoms with Gasteiger partial charge in [0.25, 0.3) is 0 Å². The molecule has 0 fully saturated rings. The number of fused-ring (bicyclic) bond motifs is 1. The van der Waals surface area contributed by atoms with Crippen LogP contribution in [0.15, 0.2) is 58.4 Å². The first-order valence-corrected chi connectivity index (χ1v) is 11.3. The Bertz CT molecular complexity index is 1020. The number of sulfonamides is 1. The number of hydrogen-bond donors (Lipinski definition) is 2. The van der Waals surface area contributed by atoms with E-state index in [1.165, 1.54) is 18.4 Å². The molecule has 2 aromatic rings. The van der Waals surface area contributed by atoms with Crippen molar-refractivity contribution in [3.05, 3.63) is 59.7 Å². The summed E-state index contributed by atoms with van der Waals surface area (Å²) in [7, 11) is 1.36. The van der Waals surface area contributed by atoms with Crippen LogP contribution < -0.4 is 15.4 Å². The molecule has 1 heterocycles. The summed E-state index contributed by atoms with van der Waals surface area (Å²) in [6.45, 7) is 4.69. The molecule has 9 heteroatoms. The Morgan fingerprint density at radius 3 is 2.42 bits per heavy atom. The minimum Gasteiger partial charge on any atom is -0.487 e. The van der Waals surface area contributed by atoms with Gasteiger partial charge in [-0.3, -0.25) is 4.99 Å². The first-order chi connectivity index (χ1) is 14.1. The number of rotatable bonds is 5. The highest BCUT2D eigenvalue weighted by molar-refractivity contribution is 14.0. The fourth-order valence-electron chi connectivity index (χ4n) is 3.47. The van der Waals surface area contributed by atoms with E-state index >= 15 is 0 Å². The van der Waals surface area contributed by atoms with Crippen LogP contribution in [0.5, 0.6) is 5.75 Å². The molecular weight excluding hydrogens is 527 g/mol. The third-order valence-corrected chi connectivity index (χ3v) is 6.90. The molecule has 2 N–H and O–H groups in total. The van der Waals surface area contributed by atoms with Crippen LogP contribution in [0.1, 0.15) is 37.4 Å². The Morgan fingerprint density at radius 1 is 1.16 bits per heavy atom. The molecule has 2 aromatic carbocycles. The first-order valence-electron chi connectivity index (χ1n) is 9.89. The van der Waals surface area contributed by atoms with E-state index < -0.39 is 10.0 Å². The minimum atomic E-state index is -3.42. The number of guanidine groups is 1. The molecule has 1 unspecified atom stereocenters. The van der Waals surface area contributed by atoms with Gasteiger partial charge in [-0.25, -0.2) is 12.7 Å². The van der Waals surface area contributed by atoms with Gasteiger partial charge < -0.3 is 15.4 Å². The molecule has 0 saturated carbocycles. The fourth-order valence-corrected chi connectivity index (χ4v) is 4.37. The molecule has 0 aromatic heterocycles. The number of benzene rings is 2. The highest BCUT2D eigenvalue weighted by Crippen LogP contribution is 2.39. The second-order valence-electron chi connectivity index (χ2n) is 8.16. The van der Waals surface area contributed by atoms with Gasteiger partial charge >= 0.3 is 0 Å².